The van der Waals surface area contributed by atoms with Gasteiger partial charge < -0.3 is 10.7 Å². The number of nitrogens with zero attached hydrogens (tertiary/aromatic N) is 1. The maximum absolute atomic E-state index is 12.1. The molecule has 0 saturated heterocycles. The lowest BCUT2D eigenvalue weighted by Gasteiger charge is -2.11. The van der Waals surface area contributed by atoms with E-state index in [1.807, 2.05) is 6.92 Å². The third-order valence-electron chi connectivity index (χ3n) is 4.00. The van der Waals surface area contributed by atoms with Crippen LogP contribution in [0.2, 0.25) is 0 Å². The van der Waals surface area contributed by atoms with Gasteiger partial charge >= 0.3 is 0 Å². The molecule has 3 N–H and O–H groups in total. The van der Waals surface area contributed by atoms with Gasteiger partial charge in [0.2, 0.25) is 0 Å². The van der Waals surface area contributed by atoms with Crippen LogP contribution in [0.4, 0.5) is 5.82 Å². The van der Waals surface area contributed by atoms with Crippen LogP contribution in [0.15, 0.2) is 29.1 Å². The fraction of sp³-hybridized carbons (Fsp3) is 0.375. The molecule has 1 aromatic carbocycles. The summed E-state index contributed by atoms with van der Waals surface area (Å²) in [6.07, 6.45) is 3.42. The van der Waals surface area contributed by atoms with E-state index in [9.17, 15) is 4.79 Å². The van der Waals surface area contributed by atoms with Crippen molar-refractivity contribution in [3.8, 4) is 0 Å². The van der Waals surface area contributed by atoms with Crippen molar-refractivity contribution in [1.82, 2.24) is 9.97 Å². The Bertz CT molecular complexity index is 665. The first-order valence-electron chi connectivity index (χ1n) is 7.14. The summed E-state index contributed by atoms with van der Waals surface area (Å²) in [6, 6.07) is 8.39. The summed E-state index contributed by atoms with van der Waals surface area (Å²) in [4.78, 5) is 19.5. The minimum Gasteiger partial charge on any atom is -0.383 e. The number of fused-ring (bicyclic) bond motifs is 1. The number of aromatic nitrogens is 2. The number of anilines is 1. The first-order chi connectivity index (χ1) is 9.69. The maximum Gasteiger partial charge on any atom is 0.256 e. The van der Waals surface area contributed by atoms with Crippen LogP contribution in [0.3, 0.4) is 0 Å². The van der Waals surface area contributed by atoms with E-state index in [0.29, 0.717) is 17.8 Å². The van der Waals surface area contributed by atoms with Crippen molar-refractivity contribution in [2.45, 2.75) is 38.5 Å². The molecule has 104 valence electrons. The summed E-state index contributed by atoms with van der Waals surface area (Å²) in [6.45, 7) is 2.03. The van der Waals surface area contributed by atoms with Gasteiger partial charge in [-0.3, -0.25) is 4.79 Å². The fourth-order valence-corrected chi connectivity index (χ4v) is 2.97. The van der Waals surface area contributed by atoms with Crippen molar-refractivity contribution in [3.05, 3.63) is 57.1 Å². The number of aromatic amines is 1. The van der Waals surface area contributed by atoms with Gasteiger partial charge in [0, 0.05) is 5.92 Å². The number of nitrogens with two attached hydrogens (primary N) is 1. The second-order valence-corrected chi connectivity index (χ2v) is 5.44. The van der Waals surface area contributed by atoms with Gasteiger partial charge in [-0.25, -0.2) is 4.98 Å². The summed E-state index contributed by atoms with van der Waals surface area (Å²) in [7, 11) is 0. The van der Waals surface area contributed by atoms with Crippen LogP contribution >= 0.6 is 0 Å². The molecule has 0 unspecified atom stereocenters. The molecule has 1 aromatic heterocycles. The second-order valence-electron chi connectivity index (χ2n) is 5.44. The number of nitrogens with one attached hydrogen (secondary N) is 1. The summed E-state index contributed by atoms with van der Waals surface area (Å²) in [5, 5.41) is 0. The zero-order valence-corrected chi connectivity index (χ0v) is 11.6. The van der Waals surface area contributed by atoms with Crippen molar-refractivity contribution in [1.29, 1.82) is 0 Å². The largest absolute Gasteiger partial charge is 0.383 e. The van der Waals surface area contributed by atoms with Crippen LogP contribution in [0.5, 0.6) is 0 Å². The van der Waals surface area contributed by atoms with Gasteiger partial charge in [-0.05, 0) is 30.4 Å². The zero-order valence-electron chi connectivity index (χ0n) is 11.6. The molecule has 1 aliphatic carbocycles. The van der Waals surface area contributed by atoms with E-state index in [2.05, 4.69) is 34.2 Å². The van der Waals surface area contributed by atoms with Gasteiger partial charge in [0.1, 0.15) is 11.6 Å². The highest BCUT2D eigenvalue weighted by Crippen LogP contribution is 2.32. The molecule has 0 saturated carbocycles. The number of rotatable bonds is 3. The monoisotopic (exact) mass is 269 g/mol. The van der Waals surface area contributed by atoms with Crippen molar-refractivity contribution in [2.75, 3.05) is 5.73 Å². The molecule has 1 aliphatic rings. The average Bonchev–Trinajstić information content (AvgIpc) is 2.86. The number of nitrogen functional groups attached to an aromatic ring is 1. The lowest BCUT2D eigenvalue weighted by Crippen LogP contribution is -2.21. The molecule has 0 aliphatic heterocycles. The second kappa shape index (κ2) is 5.12. The molecule has 3 rings (SSSR count). The molecule has 2 aromatic rings. The number of benzene rings is 1. The summed E-state index contributed by atoms with van der Waals surface area (Å²) < 4.78 is 0. The van der Waals surface area contributed by atoms with E-state index in [4.69, 9.17) is 5.73 Å². The average molecular weight is 269 g/mol. The Morgan fingerprint density at radius 1 is 1.30 bits per heavy atom. The Balaban J connectivity index is 1.92. The van der Waals surface area contributed by atoms with E-state index in [1.54, 1.807) is 0 Å². The zero-order chi connectivity index (χ0) is 14.1. The van der Waals surface area contributed by atoms with Gasteiger partial charge in [0.05, 0.1) is 5.56 Å². The van der Waals surface area contributed by atoms with Crippen molar-refractivity contribution < 1.29 is 0 Å². The van der Waals surface area contributed by atoms with Gasteiger partial charge in [-0.1, -0.05) is 37.6 Å². The molecule has 0 spiro atoms. The summed E-state index contributed by atoms with van der Waals surface area (Å²) in [5.74, 6) is 1.35. The van der Waals surface area contributed by atoms with Crippen LogP contribution < -0.4 is 11.3 Å². The lowest BCUT2D eigenvalue weighted by atomic mass is 10.1. The van der Waals surface area contributed by atoms with Crippen LogP contribution in [0.1, 0.15) is 41.8 Å². The highest BCUT2D eigenvalue weighted by Gasteiger charge is 2.25. The minimum atomic E-state index is -0.0784. The first-order valence-corrected chi connectivity index (χ1v) is 7.14. The van der Waals surface area contributed by atoms with Gasteiger partial charge in [0.25, 0.3) is 5.56 Å². The Kier molecular flexibility index (Phi) is 3.30. The quantitative estimate of drug-likeness (QED) is 0.897. The van der Waals surface area contributed by atoms with E-state index in [-0.39, 0.29) is 11.5 Å². The Morgan fingerprint density at radius 2 is 1.95 bits per heavy atom. The van der Waals surface area contributed by atoms with E-state index in [0.717, 1.165) is 25.1 Å². The molecule has 0 bridgehead atoms. The molecule has 0 amide bonds. The van der Waals surface area contributed by atoms with Crippen molar-refractivity contribution in [2.24, 2.45) is 0 Å². The van der Waals surface area contributed by atoms with E-state index >= 15 is 0 Å². The highest BCUT2D eigenvalue weighted by molar-refractivity contribution is 5.40. The van der Waals surface area contributed by atoms with Crippen LogP contribution in [0, 0.1) is 0 Å². The first kappa shape index (κ1) is 12.9. The number of hydrogen-bond acceptors (Lipinski definition) is 3. The SMILES string of the molecule is CCCc1c(N)nc(C2Cc3ccccc3C2)[nH]c1=O. The molecule has 4 heteroatoms. The molecule has 0 atom stereocenters. The molecule has 0 fully saturated rings. The maximum atomic E-state index is 12.1. The van der Waals surface area contributed by atoms with Gasteiger partial charge in [-0.15, -0.1) is 0 Å². The standard InChI is InChI=1S/C16H19N3O/c1-2-5-13-14(17)18-15(19-16(13)20)12-8-10-6-3-4-7-11(10)9-12/h3-4,6-7,12H,2,5,8-9H2,1H3,(H3,17,18,19,20). The third kappa shape index (κ3) is 2.22. The van der Waals surface area contributed by atoms with Crippen molar-refractivity contribution in [3.63, 3.8) is 0 Å². The van der Waals surface area contributed by atoms with Crippen LogP contribution in [-0.4, -0.2) is 9.97 Å². The summed E-state index contributed by atoms with van der Waals surface area (Å²) in [5.41, 5.74) is 9.18. The Morgan fingerprint density at radius 3 is 2.50 bits per heavy atom. The lowest BCUT2D eigenvalue weighted by molar-refractivity contribution is 0.675. The third-order valence-corrected chi connectivity index (χ3v) is 4.00. The molecule has 0 radical (unpaired) electrons. The smallest absolute Gasteiger partial charge is 0.256 e. The minimum absolute atomic E-state index is 0.0784. The topological polar surface area (TPSA) is 71.8 Å². The van der Waals surface area contributed by atoms with Crippen molar-refractivity contribution >= 4 is 5.82 Å². The Labute approximate surface area is 118 Å². The molecule has 1 heterocycles. The van der Waals surface area contributed by atoms with E-state index < -0.39 is 0 Å². The van der Waals surface area contributed by atoms with Crippen LogP contribution in [-0.2, 0) is 19.3 Å². The summed E-state index contributed by atoms with van der Waals surface area (Å²) >= 11 is 0. The molecular weight excluding hydrogens is 250 g/mol. The highest BCUT2D eigenvalue weighted by atomic mass is 16.1. The molecule has 20 heavy (non-hydrogen) atoms. The molecule has 4 nitrogen and oxygen atoms in total. The van der Waals surface area contributed by atoms with Gasteiger partial charge in [-0.2, -0.15) is 0 Å². The Hall–Kier alpha value is -2.10. The predicted molar refractivity (Wildman–Crippen MR) is 79.9 cm³/mol. The number of hydrogen-bond donors (Lipinski definition) is 2. The van der Waals surface area contributed by atoms with Gasteiger partial charge in [0.15, 0.2) is 0 Å². The van der Waals surface area contributed by atoms with E-state index in [1.165, 1.54) is 11.1 Å². The fourth-order valence-electron chi connectivity index (χ4n) is 2.97. The number of H-pyrrole nitrogens is 1. The predicted octanol–water partition coefficient (Wildman–Crippen LogP) is 2.19. The molecular formula is C16H19N3O. The normalized spacial score (nSPS) is 14.4. The van der Waals surface area contributed by atoms with Crippen LogP contribution in [0.25, 0.3) is 0 Å².